The Morgan fingerprint density at radius 1 is 1.08 bits per heavy atom. The van der Waals surface area contributed by atoms with Crippen LogP contribution >= 0.6 is 0 Å². The fraction of sp³-hybridized carbons (Fsp3) is 0.143. The smallest absolute Gasteiger partial charge is 0.338 e. The van der Waals surface area contributed by atoms with Crippen LogP contribution in [0.4, 0.5) is 0 Å². The van der Waals surface area contributed by atoms with Crippen molar-refractivity contribution in [3.8, 4) is 11.5 Å². The van der Waals surface area contributed by atoms with Crippen molar-refractivity contribution in [2.75, 3.05) is 6.61 Å². The highest BCUT2D eigenvalue weighted by Crippen LogP contribution is 2.32. The van der Waals surface area contributed by atoms with Gasteiger partial charge in [0.15, 0.2) is 11.5 Å². The Hall–Kier alpha value is -3.34. The molecule has 3 rings (SSSR count). The number of carbonyl (C=O) groups excluding carboxylic acids is 1. The Bertz CT molecular complexity index is 1000. The molecule has 26 heavy (non-hydrogen) atoms. The van der Waals surface area contributed by atoms with Crippen molar-refractivity contribution >= 4 is 16.9 Å². The number of rotatable bonds is 6. The normalized spacial score (nSPS) is 10.5. The summed E-state index contributed by atoms with van der Waals surface area (Å²) in [5, 5.41) is 0.629. The quantitative estimate of drug-likeness (QED) is 0.292. The summed E-state index contributed by atoms with van der Waals surface area (Å²) >= 11 is 0. The maximum atomic E-state index is 11.9. The highest BCUT2D eigenvalue weighted by atomic mass is 16.6. The zero-order valence-electron chi connectivity index (χ0n) is 14.4. The lowest BCUT2D eigenvalue weighted by molar-refractivity contribution is -0.130. The van der Waals surface area contributed by atoms with Crippen LogP contribution in [0.3, 0.4) is 0 Å². The van der Waals surface area contributed by atoms with Gasteiger partial charge in [0.25, 0.3) is 0 Å². The van der Waals surface area contributed by atoms with Crippen LogP contribution in [0.25, 0.3) is 11.0 Å². The predicted octanol–water partition coefficient (Wildman–Crippen LogP) is 3.90. The lowest BCUT2D eigenvalue weighted by Gasteiger charge is -2.13. The number of esters is 1. The fourth-order valence-electron chi connectivity index (χ4n) is 2.38. The molecule has 0 unspecified atom stereocenters. The molecule has 5 heteroatoms. The highest BCUT2D eigenvalue weighted by Gasteiger charge is 2.14. The van der Waals surface area contributed by atoms with Crippen LogP contribution in [0, 0.1) is 0 Å². The summed E-state index contributed by atoms with van der Waals surface area (Å²) in [5.74, 6) is 0.0411. The van der Waals surface area contributed by atoms with Gasteiger partial charge in [-0.1, -0.05) is 36.9 Å². The van der Waals surface area contributed by atoms with Gasteiger partial charge < -0.3 is 13.9 Å². The molecule has 1 heterocycles. The molecule has 0 saturated carbocycles. The Morgan fingerprint density at radius 3 is 2.58 bits per heavy atom. The maximum absolute atomic E-state index is 11.9. The van der Waals surface area contributed by atoms with Gasteiger partial charge in [0, 0.05) is 29.5 Å². The number of carbonyl (C=O) groups is 1. The van der Waals surface area contributed by atoms with E-state index in [1.807, 2.05) is 30.3 Å². The average molecular weight is 350 g/mol. The zero-order chi connectivity index (χ0) is 18.5. The van der Waals surface area contributed by atoms with Crippen molar-refractivity contribution in [3.05, 3.63) is 82.7 Å². The molecular formula is C21H18O5. The van der Waals surface area contributed by atoms with E-state index < -0.39 is 11.6 Å². The molecular weight excluding hydrogens is 332 g/mol. The molecule has 0 fully saturated rings. The molecule has 1 aromatic heterocycles. The summed E-state index contributed by atoms with van der Waals surface area (Å²) < 4.78 is 16.3. The van der Waals surface area contributed by atoms with Gasteiger partial charge in [0.05, 0.1) is 6.61 Å². The minimum absolute atomic E-state index is 0.257. The van der Waals surface area contributed by atoms with E-state index in [2.05, 4.69) is 6.58 Å². The highest BCUT2D eigenvalue weighted by molar-refractivity contribution is 5.90. The van der Waals surface area contributed by atoms with Gasteiger partial charge in [-0.25, -0.2) is 9.59 Å². The Balaban J connectivity index is 1.87. The molecule has 0 aliphatic heterocycles. The second-order valence-corrected chi connectivity index (χ2v) is 5.85. The fourth-order valence-corrected chi connectivity index (χ4v) is 2.38. The van der Waals surface area contributed by atoms with Crippen molar-refractivity contribution in [3.63, 3.8) is 0 Å². The van der Waals surface area contributed by atoms with Gasteiger partial charge >= 0.3 is 11.6 Å². The molecule has 0 aliphatic rings. The van der Waals surface area contributed by atoms with Crippen LogP contribution in [0.15, 0.2) is 76.0 Å². The zero-order valence-corrected chi connectivity index (χ0v) is 14.4. The van der Waals surface area contributed by atoms with Crippen molar-refractivity contribution in [1.82, 2.24) is 0 Å². The summed E-state index contributed by atoms with van der Waals surface area (Å²) in [4.78, 5) is 23.3. The molecule has 132 valence electrons. The predicted molar refractivity (Wildman–Crippen MR) is 98.6 cm³/mol. The van der Waals surface area contributed by atoms with Gasteiger partial charge in [0.1, 0.15) is 5.58 Å². The van der Waals surface area contributed by atoms with Crippen LogP contribution in [0.5, 0.6) is 11.5 Å². The number of hydrogen-bond acceptors (Lipinski definition) is 5. The summed E-state index contributed by atoms with van der Waals surface area (Å²) in [6.07, 6.45) is 0.686. The molecule has 0 saturated heterocycles. The second-order valence-electron chi connectivity index (χ2n) is 5.85. The Morgan fingerprint density at radius 2 is 1.85 bits per heavy atom. The van der Waals surface area contributed by atoms with Crippen LogP contribution < -0.4 is 15.1 Å². The van der Waals surface area contributed by atoms with Crippen LogP contribution in [-0.4, -0.2) is 12.6 Å². The average Bonchev–Trinajstić information content (AvgIpc) is 2.63. The van der Waals surface area contributed by atoms with E-state index in [1.54, 1.807) is 25.1 Å². The molecule has 2 aromatic carbocycles. The minimum Gasteiger partial charge on any atom is -0.489 e. The van der Waals surface area contributed by atoms with Gasteiger partial charge in [0.2, 0.25) is 0 Å². The van der Waals surface area contributed by atoms with E-state index in [0.29, 0.717) is 29.7 Å². The van der Waals surface area contributed by atoms with Crippen molar-refractivity contribution < 1.29 is 18.7 Å². The largest absolute Gasteiger partial charge is 0.489 e. The van der Waals surface area contributed by atoms with E-state index in [-0.39, 0.29) is 11.3 Å². The van der Waals surface area contributed by atoms with E-state index in [0.717, 1.165) is 5.56 Å². The number of ether oxygens (including phenoxy) is 2. The monoisotopic (exact) mass is 350 g/mol. The first-order valence-corrected chi connectivity index (χ1v) is 8.15. The number of benzene rings is 2. The van der Waals surface area contributed by atoms with Crippen LogP contribution in [0.1, 0.15) is 12.5 Å². The number of fused-ring (bicyclic) bond motifs is 1. The van der Waals surface area contributed by atoms with E-state index in [4.69, 9.17) is 13.9 Å². The second kappa shape index (κ2) is 7.70. The van der Waals surface area contributed by atoms with E-state index in [9.17, 15) is 9.59 Å². The molecule has 0 amide bonds. The topological polar surface area (TPSA) is 65.7 Å². The van der Waals surface area contributed by atoms with Gasteiger partial charge in [-0.2, -0.15) is 0 Å². The summed E-state index contributed by atoms with van der Waals surface area (Å²) in [7, 11) is 0. The van der Waals surface area contributed by atoms with Crippen LogP contribution in [-0.2, 0) is 11.2 Å². The van der Waals surface area contributed by atoms with Crippen molar-refractivity contribution in [2.24, 2.45) is 0 Å². The molecule has 0 bridgehead atoms. The first-order valence-electron chi connectivity index (χ1n) is 8.15. The molecule has 3 aromatic rings. The standard InChI is InChI=1S/C21H18O5/c1-14(2)21(23)26-19-12-16-8-9-20(22)25-17(16)13-18(19)24-11-10-15-6-4-3-5-7-15/h3-9,12-13H,1,10-11H2,2H3. The van der Waals surface area contributed by atoms with Crippen molar-refractivity contribution in [1.29, 1.82) is 0 Å². The van der Waals surface area contributed by atoms with E-state index >= 15 is 0 Å². The third-order valence-corrected chi connectivity index (χ3v) is 3.73. The number of hydrogen-bond donors (Lipinski definition) is 0. The third-order valence-electron chi connectivity index (χ3n) is 3.73. The third kappa shape index (κ3) is 4.19. The summed E-state index contributed by atoms with van der Waals surface area (Å²) in [6.45, 7) is 5.53. The molecule has 0 spiro atoms. The maximum Gasteiger partial charge on any atom is 0.338 e. The summed E-state index contributed by atoms with van der Waals surface area (Å²) in [6, 6.07) is 16.0. The van der Waals surface area contributed by atoms with Gasteiger partial charge in [-0.3, -0.25) is 0 Å². The summed E-state index contributed by atoms with van der Waals surface area (Å²) in [5.41, 5.74) is 1.31. The Labute approximate surface area is 150 Å². The van der Waals surface area contributed by atoms with Crippen molar-refractivity contribution in [2.45, 2.75) is 13.3 Å². The minimum atomic E-state index is -0.547. The Kier molecular flexibility index (Phi) is 5.17. The van der Waals surface area contributed by atoms with Gasteiger partial charge in [-0.05, 0) is 24.6 Å². The molecule has 5 nitrogen and oxygen atoms in total. The first kappa shape index (κ1) is 17.5. The molecule has 0 N–H and O–H groups in total. The lowest BCUT2D eigenvalue weighted by Crippen LogP contribution is -2.10. The molecule has 0 aliphatic carbocycles. The van der Waals surface area contributed by atoms with Gasteiger partial charge in [-0.15, -0.1) is 0 Å². The lowest BCUT2D eigenvalue weighted by atomic mass is 10.2. The van der Waals surface area contributed by atoms with E-state index in [1.165, 1.54) is 6.07 Å². The first-order chi connectivity index (χ1) is 12.5. The molecule has 0 atom stereocenters. The molecule has 0 radical (unpaired) electrons. The van der Waals surface area contributed by atoms with Crippen LogP contribution in [0.2, 0.25) is 0 Å². The SMILES string of the molecule is C=C(C)C(=O)Oc1cc2ccc(=O)oc2cc1OCCc1ccccc1.